The molecule has 2 unspecified atom stereocenters. The van der Waals surface area contributed by atoms with Crippen molar-refractivity contribution in [2.75, 3.05) is 23.9 Å². The first kappa shape index (κ1) is 10.7. The average Bonchev–Trinajstić information content (AvgIpc) is 2.57. The summed E-state index contributed by atoms with van der Waals surface area (Å²) >= 11 is 0. The molecule has 2 heterocycles. The van der Waals surface area contributed by atoms with Crippen molar-refractivity contribution >= 4 is 15.5 Å². The van der Waals surface area contributed by atoms with E-state index in [2.05, 4.69) is 5.32 Å². The van der Waals surface area contributed by atoms with Crippen molar-refractivity contribution in [3.63, 3.8) is 0 Å². The lowest BCUT2D eigenvalue weighted by Gasteiger charge is -2.29. The first-order valence-corrected chi connectivity index (χ1v) is 7.21. The highest BCUT2D eigenvalue weighted by atomic mass is 32.2. The molecule has 0 radical (unpaired) electrons. The molecule has 2 aliphatic rings. The van der Waals surface area contributed by atoms with Crippen molar-refractivity contribution in [1.82, 2.24) is 0 Å². The second-order valence-corrected chi connectivity index (χ2v) is 6.50. The van der Waals surface area contributed by atoms with E-state index in [1.165, 1.54) is 0 Å². The van der Waals surface area contributed by atoms with Crippen LogP contribution in [0.25, 0.3) is 0 Å². The highest BCUT2D eigenvalue weighted by Gasteiger charge is 2.42. The SMILES string of the molecule is COc1ccc2c(c1)NC1CS(=O)(=O)CC1O2. The third kappa shape index (κ3) is 1.82. The highest BCUT2D eigenvalue weighted by Crippen LogP contribution is 2.36. The minimum atomic E-state index is -2.98. The van der Waals surface area contributed by atoms with Crippen molar-refractivity contribution in [2.24, 2.45) is 0 Å². The maximum absolute atomic E-state index is 11.5. The first-order valence-electron chi connectivity index (χ1n) is 5.39. The topological polar surface area (TPSA) is 64.6 Å². The van der Waals surface area contributed by atoms with Crippen LogP contribution in [0.15, 0.2) is 18.2 Å². The Labute approximate surface area is 99.6 Å². The van der Waals surface area contributed by atoms with Gasteiger partial charge in [-0.15, -0.1) is 0 Å². The fourth-order valence-corrected chi connectivity index (χ4v) is 4.06. The van der Waals surface area contributed by atoms with Gasteiger partial charge < -0.3 is 14.8 Å². The number of nitrogens with one attached hydrogen (secondary N) is 1. The van der Waals surface area contributed by atoms with Crippen LogP contribution in [0.4, 0.5) is 5.69 Å². The zero-order valence-corrected chi connectivity index (χ0v) is 10.2. The minimum absolute atomic E-state index is 0.0934. The summed E-state index contributed by atoms with van der Waals surface area (Å²) in [5.74, 6) is 1.63. The quantitative estimate of drug-likeness (QED) is 0.799. The van der Waals surface area contributed by atoms with Gasteiger partial charge in [0.2, 0.25) is 0 Å². The maximum Gasteiger partial charge on any atom is 0.156 e. The van der Waals surface area contributed by atoms with Crippen LogP contribution in [-0.2, 0) is 9.84 Å². The second-order valence-electron chi connectivity index (χ2n) is 4.35. The van der Waals surface area contributed by atoms with Crippen LogP contribution < -0.4 is 14.8 Å². The van der Waals surface area contributed by atoms with Gasteiger partial charge in [-0.25, -0.2) is 8.42 Å². The molecule has 0 saturated carbocycles. The molecule has 3 rings (SSSR count). The molecule has 2 aliphatic heterocycles. The fourth-order valence-electron chi connectivity index (χ4n) is 2.28. The van der Waals surface area contributed by atoms with Crippen LogP contribution in [0.1, 0.15) is 0 Å². The van der Waals surface area contributed by atoms with E-state index >= 15 is 0 Å². The molecule has 1 aromatic carbocycles. The number of hydrogen-bond acceptors (Lipinski definition) is 5. The van der Waals surface area contributed by atoms with E-state index in [0.717, 1.165) is 11.4 Å². The number of methoxy groups -OCH3 is 1. The van der Waals surface area contributed by atoms with Gasteiger partial charge in [0.25, 0.3) is 0 Å². The monoisotopic (exact) mass is 255 g/mol. The summed E-state index contributed by atoms with van der Waals surface area (Å²) in [6.07, 6.45) is -0.277. The van der Waals surface area contributed by atoms with Crippen molar-refractivity contribution in [1.29, 1.82) is 0 Å². The third-order valence-electron chi connectivity index (χ3n) is 3.11. The maximum atomic E-state index is 11.5. The molecule has 17 heavy (non-hydrogen) atoms. The molecule has 0 aromatic heterocycles. The van der Waals surface area contributed by atoms with Gasteiger partial charge in [0, 0.05) is 6.07 Å². The lowest BCUT2D eigenvalue weighted by atomic mass is 10.1. The summed E-state index contributed by atoms with van der Waals surface area (Å²) in [5, 5.41) is 3.21. The Hall–Kier alpha value is -1.43. The standard InChI is InChI=1S/C11H13NO4S/c1-15-7-2-3-10-8(4-7)12-9-5-17(13,14)6-11(9)16-10/h2-4,9,11-12H,5-6H2,1H3. The Bertz CT molecular complexity index is 555. The molecule has 0 aliphatic carbocycles. The Morgan fingerprint density at radius 2 is 2.24 bits per heavy atom. The van der Waals surface area contributed by atoms with Crippen LogP contribution in [0.5, 0.6) is 11.5 Å². The number of fused-ring (bicyclic) bond motifs is 2. The molecule has 1 aromatic rings. The summed E-state index contributed by atoms with van der Waals surface area (Å²) < 4.78 is 33.9. The Morgan fingerprint density at radius 1 is 1.41 bits per heavy atom. The Balaban J connectivity index is 1.94. The third-order valence-corrected chi connectivity index (χ3v) is 4.81. The van der Waals surface area contributed by atoms with E-state index < -0.39 is 9.84 Å². The van der Waals surface area contributed by atoms with Crippen LogP contribution in [0.2, 0.25) is 0 Å². The zero-order valence-electron chi connectivity index (χ0n) is 9.34. The van der Waals surface area contributed by atoms with Crippen molar-refractivity contribution in [3.8, 4) is 11.5 Å². The molecule has 2 atom stereocenters. The normalized spacial score (nSPS) is 28.5. The van der Waals surface area contributed by atoms with E-state index in [1.807, 2.05) is 6.07 Å². The highest BCUT2D eigenvalue weighted by molar-refractivity contribution is 7.91. The van der Waals surface area contributed by atoms with E-state index in [9.17, 15) is 8.42 Å². The Kier molecular flexibility index (Phi) is 2.22. The lowest BCUT2D eigenvalue weighted by molar-refractivity contribution is 0.206. The van der Waals surface area contributed by atoms with Crippen molar-refractivity contribution < 1.29 is 17.9 Å². The van der Waals surface area contributed by atoms with Gasteiger partial charge in [-0.3, -0.25) is 0 Å². The average molecular weight is 255 g/mol. The van der Waals surface area contributed by atoms with Gasteiger partial charge in [0.1, 0.15) is 17.6 Å². The van der Waals surface area contributed by atoms with Gasteiger partial charge in [-0.2, -0.15) is 0 Å². The molecule has 0 bridgehead atoms. The summed E-state index contributed by atoms with van der Waals surface area (Å²) in [4.78, 5) is 0. The molecule has 92 valence electrons. The summed E-state index contributed by atoms with van der Waals surface area (Å²) in [5.41, 5.74) is 0.794. The predicted octanol–water partition coefficient (Wildman–Crippen LogP) is 0.665. The van der Waals surface area contributed by atoms with E-state index in [-0.39, 0.29) is 23.7 Å². The smallest absolute Gasteiger partial charge is 0.156 e. The summed E-state index contributed by atoms with van der Waals surface area (Å²) in [6, 6.07) is 5.25. The molecule has 5 nitrogen and oxygen atoms in total. The van der Waals surface area contributed by atoms with Crippen LogP contribution >= 0.6 is 0 Å². The number of benzene rings is 1. The Morgan fingerprint density at radius 3 is 3.00 bits per heavy atom. The second kappa shape index (κ2) is 3.53. The van der Waals surface area contributed by atoms with Gasteiger partial charge in [-0.1, -0.05) is 0 Å². The summed E-state index contributed by atoms with van der Waals surface area (Å²) in [6.45, 7) is 0. The number of anilines is 1. The number of ether oxygens (including phenoxy) is 2. The lowest BCUT2D eigenvalue weighted by Crippen LogP contribution is -2.40. The number of rotatable bonds is 1. The molecule has 1 N–H and O–H groups in total. The van der Waals surface area contributed by atoms with Gasteiger partial charge in [0.15, 0.2) is 9.84 Å². The van der Waals surface area contributed by atoms with E-state index in [0.29, 0.717) is 5.75 Å². The minimum Gasteiger partial charge on any atom is -0.497 e. The van der Waals surface area contributed by atoms with Gasteiger partial charge in [0.05, 0.1) is 30.3 Å². The molecule has 6 heteroatoms. The molecule has 0 amide bonds. The molecular formula is C11H13NO4S. The fraction of sp³-hybridized carbons (Fsp3) is 0.455. The predicted molar refractivity (Wildman–Crippen MR) is 63.5 cm³/mol. The number of hydrogen-bond donors (Lipinski definition) is 1. The molecule has 1 fully saturated rings. The summed E-state index contributed by atoms with van der Waals surface area (Å²) in [7, 11) is -1.39. The van der Waals surface area contributed by atoms with Gasteiger partial charge in [-0.05, 0) is 12.1 Å². The zero-order chi connectivity index (χ0) is 12.0. The molecule has 0 spiro atoms. The van der Waals surface area contributed by atoms with Crippen LogP contribution in [-0.4, -0.2) is 39.2 Å². The molecular weight excluding hydrogens is 242 g/mol. The number of sulfone groups is 1. The van der Waals surface area contributed by atoms with Crippen LogP contribution in [0, 0.1) is 0 Å². The van der Waals surface area contributed by atoms with Crippen LogP contribution in [0.3, 0.4) is 0 Å². The molecule has 1 saturated heterocycles. The first-order chi connectivity index (χ1) is 8.07. The van der Waals surface area contributed by atoms with Crippen molar-refractivity contribution in [3.05, 3.63) is 18.2 Å². The van der Waals surface area contributed by atoms with Gasteiger partial charge >= 0.3 is 0 Å². The largest absolute Gasteiger partial charge is 0.497 e. The van der Waals surface area contributed by atoms with Crippen molar-refractivity contribution in [2.45, 2.75) is 12.1 Å². The van der Waals surface area contributed by atoms with E-state index in [4.69, 9.17) is 9.47 Å². The van der Waals surface area contributed by atoms with E-state index in [1.54, 1.807) is 19.2 Å².